The summed E-state index contributed by atoms with van der Waals surface area (Å²) < 4.78 is 10.3. The summed E-state index contributed by atoms with van der Waals surface area (Å²) >= 11 is 0. The number of benzene rings is 1. The van der Waals surface area contributed by atoms with Gasteiger partial charge in [0.15, 0.2) is 5.75 Å². The number of anilines is 1. The van der Waals surface area contributed by atoms with Crippen molar-refractivity contribution in [3.05, 3.63) is 48.1 Å². The second-order valence-corrected chi connectivity index (χ2v) is 4.60. The van der Waals surface area contributed by atoms with Crippen LogP contribution in [0.3, 0.4) is 0 Å². The molecule has 1 amide bonds. The van der Waals surface area contributed by atoms with Gasteiger partial charge in [0, 0.05) is 18.1 Å². The number of nitrogens with zero attached hydrogens (tertiary/aromatic N) is 4. The summed E-state index contributed by atoms with van der Waals surface area (Å²) in [6.45, 7) is 1.72. The van der Waals surface area contributed by atoms with Crippen molar-refractivity contribution in [2.75, 3.05) is 12.4 Å². The summed E-state index contributed by atoms with van der Waals surface area (Å²) in [4.78, 5) is 20.1. The number of methoxy groups -OCH3 is 1. The molecule has 0 aliphatic carbocycles. The van der Waals surface area contributed by atoms with Crippen molar-refractivity contribution >= 4 is 11.9 Å². The normalized spacial score (nSPS) is 10.3. The van der Waals surface area contributed by atoms with Gasteiger partial charge >= 0.3 is 0 Å². The lowest BCUT2D eigenvalue weighted by atomic mass is 10.1. The van der Waals surface area contributed by atoms with Crippen molar-refractivity contribution in [1.29, 1.82) is 0 Å². The first-order valence-corrected chi connectivity index (χ1v) is 6.73. The summed E-state index contributed by atoms with van der Waals surface area (Å²) in [5, 5.41) is 10.3. The summed E-state index contributed by atoms with van der Waals surface area (Å²) in [7, 11) is 1.52. The van der Waals surface area contributed by atoms with Gasteiger partial charge in [-0.1, -0.05) is 0 Å². The molecule has 0 saturated heterocycles. The molecule has 2 heterocycles. The number of nitrogens with one attached hydrogen (secondary N) is 1. The van der Waals surface area contributed by atoms with E-state index in [1.54, 1.807) is 31.2 Å². The van der Waals surface area contributed by atoms with Crippen LogP contribution in [0, 0.1) is 6.92 Å². The van der Waals surface area contributed by atoms with Crippen molar-refractivity contribution in [3.63, 3.8) is 0 Å². The largest absolute Gasteiger partial charge is 0.494 e. The lowest BCUT2D eigenvalue weighted by Crippen LogP contribution is -2.13. The van der Waals surface area contributed by atoms with E-state index in [0.717, 1.165) is 5.56 Å². The van der Waals surface area contributed by atoms with E-state index in [1.807, 2.05) is 0 Å². The number of aromatic nitrogens is 4. The molecule has 2 aromatic heterocycles. The fourth-order valence-corrected chi connectivity index (χ4v) is 1.84. The topological polar surface area (TPSA) is 103 Å². The fourth-order valence-electron chi connectivity index (χ4n) is 1.84. The van der Waals surface area contributed by atoms with Crippen molar-refractivity contribution in [3.8, 4) is 17.2 Å². The fraction of sp³-hybridized carbons (Fsp3) is 0.133. The van der Waals surface area contributed by atoms with E-state index < -0.39 is 0 Å². The highest BCUT2D eigenvalue weighted by atomic mass is 16.5. The zero-order valence-electron chi connectivity index (χ0n) is 12.5. The molecule has 23 heavy (non-hydrogen) atoms. The number of rotatable bonds is 4. The van der Waals surface area contributed by atoms with Gasteiger partial charge in [0.05, 0.1) is 19.5 Å². The molecule has 0 bridgehead atoms. The van der Waals surface area contributed by atoms with E-state index in [9.17, 15) is 4.79 Å². The Labute approximate surface area is 131 Å². The highest BCUT2D eigenvalue weighted by Crippen LogP contribution is 2.18. The second kappa shape index (κ2) is 6.22. The van der Waals surface area contributed by atoms with Crippen LogP contribution in [0.4, 0.5) is 5.95 Å². The van der Waals surface area contributed by atoms with Gasteiger partial charge in [-0.15, -0.1) is 10.2 Å². The summed E-state index contributed by atoms with van der Waals surface area (Å²) in [5.41, 5.74) is 1.20. The molecule has 116 valence electrons. The Morgan fingerprint density at radius 3 is 2.39 bits per heavy atom. The predicted octanol–water partition coefficient (Wildman–Crippen LogP) is 2.10. The molecule has 1 aromatic carbocycles. The minimum absolute atomic E-state index is 0.201. The van der Waals surface area contributed by atoms with Crippen LogP contribution in [0.25, 0.3) is 11.5 Å². The van der Waals surface area contributed by atoms with Gasteiger partial charge in [-0.05, 0) is 24.3 Å². The first-order chi connectivity index (χ1) is 11.2. The molecule has 0 unspecified atom stereocenters. The van der Waals surface area contributed by atoms with Gasteiger partial charge in [0.2, 0.25) is 17.7 Å². The Kier molecular flexibility index (Phi) is 3.96. The number of ether oxygens (including phenoxy) is 1. The maximum Gasteiger partial charge on any atom is 0.258 e. The maximum atomic E-state index is 12.1. The van der Waals surface area contributed by atoms with Crippen molar-refractivity contribution < 1.29 is 13.9 Å². The first-order valence-electron chi connectivity index (χ1n) is 6.73. The van der Waals surface area contributed by atoms with Crippen LogP contribution < -0.4 is 10.1 Å². The van der Waals surface area contributed by atoms with Gasteiger partial charge in [-0.3, -0.25) is 10.1 Å². The van der Waals surface area contributed by atoms with E-state index in [0.29, 0.717) is 23.1 Å². The Balaban J connectivity index is 1.72. The highest BCUT2D eigenvalue weighted by Gasteiger charge is 2.10. The van der Waals surface area contributed by atoms with Crippen LogP contribution in [0.5, 0.6) is 5.75 Å². The summed E-state index contributed by atoms with van der Waals surface area (Å²) in [6, 6.07) is 6.79. The molecule has 8 heteroatoms. The molecule has 8 nitrogen and oxygen atoms in total. The Morgan fingerprint density at radius 1 is 1.13 bits per heavy atom. The van der Waals surface area contributed by atoms with Gasteiger partial charge in [0.25, 0.3) is 5.91 Å². The lowest BCUT2D eigenvalue weighted by molar-refractivity contribution is 0.102. The third kappa shape index (κ3) is 3.31. The molecule has 3 aromatic rings. The van der Waals surface area contributed by atoms with Gasteiger partial charge in [0.1, 0.15) is 0 Å². The highest BCUT2D eigenvalue weighted by molar-refractivity contribution is 6.03. The number of aryl methyl sites for hydroxylation is 1. The van der Waals surface area contributed by atoms with Gasteiger partial charge < -0.3 is 9.15 Å². The Hall–Kier alpha value is -3.29. The molecule has 1 N–H and O–H groups in total. The van der Waals surface area contributed by atoms with E-state index in [2.05, 4.69) is 25.5 Å². The van der Waals surface area contributed by atoms with Crippen LogP contribution in [-0.2, 0) is 0 Å². The lowest BCUT2D eigenvalue weighted by Gasteiger charge is -2.04. The minimum atomic E-state index is -0.316. The summed E-state index contributed by atoms with van der Waals surface area (Å²) in [5.74, 6) is 1.30. The van der Waals surface area contributed by atoms with Crippen LogP contribution in [0.1, 0.15) is 16.2 Å². The molecule has 0 fully saturated rings. The zero-order chi connectivity index (χ0) is 16.2. The number of amides is 1. The quantitative estimate of drug-likeness (QED) is 0.786. The van der Waals surface area contributed by atoms with E-state index in [-0.39, 0.29) is 11.9 Å². The average Bonchev–Trinajstić information content (AvgIpc) is 3.02. The number of carbonyl (C=O) groups is 1. The average molecular weight is 311 g/mol. The molecule has 0 atom stereocenters. The molecular formula is C15H13N5O3. The zero-order valence-corrected chi connectivity index (χ0v) is 12.5. The van der Waals surface area contributed by atoms with Crippen LogP contribution in [-0.4, -0.2) is 33.2 Å². The number of hydrogen-bond donors (Lipinski definition) is 1. The van der Waals surface area contributed by atoms with E-state index in [1.165, 1.54) is 19.5 Å². The molecule has 0 aliphatic heterocycles. The predicted molar refractivity (Wildman–Crippen MR) is 81.0 cm³/mol. The van der Waals surface area contributed by atoms with Crippen LogP contribution in [0.15, 0.2) is 41.1 Å². The van der Waals surface area contributed by atoms with E-state index >= 15 is 0 Å². The number of hydrogen-bond acceptors (Lipinski definition) is 7. The van der Waals surface area contributed by atoms with Crippen molar-refractivity contribution in [1.82, 2.24) is 20.2 Å². The molecule has 3 rings (SSSR count). The van der Waals surface area contributed by atoms with Gasteiger partial charge in [-0.25, -0.2) is 9.97 Å². The van der Waals surface area contributed by atoms with Crippen LogP contribution >= 0.6 is 0 Å². The smallest absolute Gasteiger partial charge is 0.258 e. The summed E-state index contributed by atoms with van der Waals surface area (Å²) in [6.07, 6.45) is 2.95. The standard InChI is InChI=1S/C15H13N5O3/c1-9-19-20-14(23-9)11-5-3-10(4-6-11)13(21)18-15-16-7-12(22-2)8-17-15/h3-8H,1-2H3,(H,16,17,18,21). The SMILES string of the molecule is COc1cnc(NC(=O)c2ccc(-c3nnc(C)o3)cc2)nc1. The third-order valence-electron chi connectivity index (χ3n) is 3.01. The first kappa shape index (κ1) is 14.6. The van der Waals surface area contributed by atoms with Crippen molar-refractivity contribution in [2.24, 2.45) is 0 Å². The van der Waals surface area contributed by atoms with Crippen molar-refractivity contribution in [2.45, 2.75) is 6.92 Å². The molecule has 0 spiro atoms. The molecule has 0 saturated carbocycles. The van der Waals surface area contributed by atoms with E-state index in [4.69, 9.17) is 9.15 Å². The van der Waals surface area contributed by atoms with Crippen LogP contribution in [0.2, 0.25) is 0 Å². The number of carbonyl (C=O) groups excluding carboxylic acids is 1. The molecular weight excluding hydrogens is 298 g/mol. The Bertz CT molecular complexity index is 812. The maximum absolute atomic E-state index is 12.1. The molecule has 0 radical (unpaired) electrons. The monoisotopic (exact) mass is 311 g/mol. The van der Waals surface area contributed by atoms with Gasteiger partial charge in [-0.2, -0.15) is 0 Å². The third-order valence-corrected chi connectivity index (χ3v) is 3.01. The minimum Gasteiger partial charge on any atom is -0.494 e. The second-order valence-electron chi connectivity index (χ2n) is 4.60. The molecule has 0 aliphatic rings. The Morgan fingerprint density at radius 2 is 1.83 bits per heavy atom.